The van der Waals surface area contributed by atoms with Crippen molar-refractivity contribution in [2.24, 2.45) is 0 Å². The Morgan fingerprint density at radius 2 is 1.62 bits per heavy atom. The number of aromatic amines is 1. The second-order valence-electron chi connectivity index (χ2n) is 6.59. The summed E-state index contributed by atoms with van der Waals surface area (Å²) in [5.41, 5.74) is 4.19. The molecule has 4 heteroatoms. The highest BCUT2D eigenvalue weighted by molar-refractivity contribution is 5.78. The van der Waals surface area contributed by atoms with Gasteiger partial charge in [0.25, 0.3) is 5.56 Å². The number of H-pyrrole nitrogens is 1. The minimum Gasteiger partial charge on any atom is -0.322 e. The van der Waals surface area contributed by atoms with Crippen LogP contribution in [-0.4, -0.2) is 23.0 Å². The summed E-state index contributed by atoms with van der Waals surface area (Å²) in [6.07, 6.45) is 0. The van der Waals surface area contributed by atoms with Crippen molar-refractivity contribution in [1.29, 1.82) is 0 Å². The van der Waals surface area contributed by atoms with Crippen LogP contribution in [0, 0.1) is 0 Å². The fourth-order valence-corrected chi connectivity index (χ4v) is 3.13. The molecule has 0 aliphatic heterocycles. The van der Waals surface area contributed by atoms with E-state index < -0.39 is 0 Å². The van der Waals surface area contributed by atoms with Gasteiger partial charge in [0, 0.05) is 30.7 Å². The summed E-state index contributed by atoms with van der Waals surface area (Å²) in [6.45, 7) is 8.82. The minimum atomic E-state index is -0.0224. The average Bonchev–Trinajstić information content (AvgIpc) is 2.67. The molecule has 0 radical (unpaired) electrons. The van der Waals surface area contributed by atoms with Crippen molar-refractivity contribution in [1.82, 2.24) is 15.2 Å². The fraction of sp³-hybridized carbons (Fsp3) is 0.318. The van der Waals surface area contributed by atoms with E-state index in [1.165, 1.54) is 11.1 Å². The molecule has 0 saturated heterocycles. The van der Waals surface area contributed by atoms with Crippen molar-refractivity contribution in [3.05, 3.63) is 81.6 Å². The first-order valence-corrected chi connectivity index (χ1v) is 9.31. The lowest BCUT2D eigenvalue weighted by Crippen LogP contribution is -2.22. The lowest BCUT2D eigenvalue weighted by molar-refractivity contribution is 0.296. The van der Waals surface area contributed by atoms with E-state index >= 15 is 0 Å². The third-order valence-electron chi connectivity index (χ3n) is 4.80. The Hall–Kier alpha value is -2.43. The summed E-state index contributed by atoms with van der Waals surface area (Å²) in [7, 11) is 0. The van der Waals surface area contributed by atoms with Crippen molar-refractivity contribution in [2.75, 3.05) is 13.1 Å². The van der Waals surface area contributed by atoms with Gasteiger partial charge in [-0.15, -0.1) is 0 Å². The van der Waals surface area contributed by atoms with Crippen molar-refractivity contribution >= 4 is 10.9 Å². The van der Waals surface area contributed by atoms with Crippen molar-refractivity contribution in [2.45, 2.75) is 33.5 Å². The normalized spacial score (nSPS) is 11.3. The Labute approximate surface area is 154 Å². The van der Waals surface area contributed by atoms with Crippen LogP contribution in [0.1, 0.15) is 30.5 Å². The number of benzene rings is 2. The minimum absolute atomic E-state index is 0.0224. The quantitative estimate of drug-likeness (QED) is 0.652. The van der Waals surface area contributed by atoms with E-state index in [0.717, 1.165) is 42.6 Å². The Balaban J connectivity index is 1.58. The van der Waals surface area contributed by atoms with Gasteiger partial charge in [-0.25, -0.2) is 0 Å². The SMILES string of the molecule is CCN(CC)Cc1ccc(CNCc2cc3ccccc3[nH]c2=O)cc1. The zero-order valence-corrected chi connectivity index (χ0v) is 15.6. The molecule has 0 aliphatic carbocycles. The number of para-hydroxylation sites is 1. The standard InChI is InChI=1S/C22H27N3O/c1-3-25(4-2)16-18-11-9-17(10-12-18)14-23-15-20-13-19-7-5-6-8-21(19)24-22(20)26/h5-13,23H,3-4,14-16H2,1-2H3,(H,24,26). The number of nitrogens with one attached hydrogen (secondary N) is 2. The topological polar surface area (TPSA) is 48.1 Å². The molecule has 0 spiro atoms. The second kappa shape index (κ2) is 8.79. The van der Waals surface area contributed by atoms with E-state index in [0.29, 0.717) is 6.54 Å². The van der Waals surface area contributed by atoms with E-state index in [9.17, 15) is 4.79 Å². The van der Waals surface area contributed by atoms with Crippen LogP contribution in [-0.2, 0) is 19.6 Å². The fourth-order valence-electron chi connectivity index (χ4n) is 3.13. The number of nitrogens with zero attached hydrogens (tertiary/aromatic N) is 1. The molecular formula is C22H27N3O. The third-order valence-corrected chi connectivity index (χ3v) is 4.80. The number of rotatable bonds is 8. The van der Waals surface area contributed by atoms with E-state index in [1.54, 1.807) is 0 Å². The smallest absolute Gasteiger partial charge is 0.252 e. The van der Waals surface area contributed by atoms with Gasteiger partial charge in [-0.3, -0.25) is 9.69 Å². The Kier molecular flexibility index (Phi) is 6.21. The first-order chi connectivity index (χ1) is 12.7. The molecule has 26 heavy (non-hydrogen) atoms. The third kappa shape index (κ3) is 4.59. The van der Waals surface area contributed by atoms with Crippen LogP contribution in [0.4, 0.5) is 0 Å². The van der Waals surface area contributed by atoms with Crippen molar-refractivity contribution in [3.8, 4) is 0 Å². The summed E-state index contributed by atoms with van der Waals surface area (Å²) >= 11 is 0. The van der Waals surface area contributed by atoms with E-state index in [1.807, 2.05) is 30.3 Å². The van der Waals surface area contributed by atoms with E-state index in [-0.39, 0.29) is 5.56 Å². The molecule has 0 bridgehead atoms. The molecule has 3 rings (SSSR count). The molecular weight excluding hydrogens is 322 g/mol. The van der Waals surface area contributed by atoms with Crippen LogP contribution in [0.2, 0.25) is 0 Å². The highest BCUT2D eigenvalue weighted by Gasteiger charge is 2.04. The number of aromatic nitrogens is 1. The van der Waals surface area contributed by atoms with Gasteiger partial charge in [-0.2, -0.15) is 0 Å². The first-order valence-electron chi connectivity index (χ1n) is 9.31. The van der Waals surface area contributed by atoms with E-state index in [4.69, 9.17) is 0 Å². The average molecular weight is 349 g/mol. The monoisotopic (exact) mass is 349 g/mol. The molecule has 0 aliphatic rings. The summed E-state index contributed by atoms with van der Waals surface area (Å²) in [5, 5.41) is 4.44. The first kappa shape index (κ1) is 18.4. The number of pyridine rings is 1. The molecule has 4 nitrogen and oxygen atoms in total. The van der Waals surface area contributed by atoms with Gasteiger partial charge in [0.15, 0.2) is 0 Å². The molecule has 3 aromatic rings. The summed E-state index contributed by atoms with van der Waals surface area (Å²) in [6, 6.07) is 18.5. The second-order valence-corrected chi connectivity index (χ2v) is 6.59. The summed E-state index contributed by atoms with van der Waals surface area (Å²) in [5.74, 6) is 0. The van der Waals surface area contributed by atoms with Crippen LogP contribution in [0.3, 0.4) is 0 Å². The van der Waals surface area contributed by atoms with Crippen LogP contribution in [0.5, 0.6) is 0 Å². The molecule has 136 valence electrons. The van der Waals surface area contributed by atoms with Crippen molar-refractivity contribution in [3.63, 3.8) is 0 Å². The lowest BCUT2D eigenvalue weighted by Gasteiger charge is -2.18. The predicted molar refractivity (Wildman–Crippen MR) is 108 cm³/mol. The molecule has 1 aromatic heterocycles. The number of fused-ring (bicyclic) bond motifs is 1. The van der Waals surface area contributed by atoms with Crippen LogP contribution >= 0.6 is 0 Å². The maximum absolute atomic E-state index is 12.2. The molecule has 2 aromatic carbocycles. The van der Waals surface area contributed by atoms with Crippen LogP contribution in [0.15, 0.2) is 59.4 Å². The lowest BCUT2D eigenvalue weighted by atomic mass is 10.1. The Morgan fingerprint density at radius 1 is 0.923 bits per heavy atom. The van der Waals surface area contributed by atoms with Gasteiger partial charge in [-0.05, 0) is 41.7 Å². The van der Waals surface area contributed by atoms with Gasteiger partial charge in [0.05, 0.1) is 0 Å². The van der Waals surface area contributed by atoms with Gasteiger partial charge in [-0.1, -0.05) is 56.3 Å². The van der Waals surface area contributed by atoms with Crippen LogP contribution in [0.25, 0.3) is 10.9 Å². The largest absolute Gasteiger partial charge is 0.322 e. The Bertz CT molecular complexity index is 895. The molecule has 2 N–H and O–H groups in total. The predicted octanol–water partition coefficient (Wildman–Crippen LogP) is 3.66. The molecule has 1 heterocycles. The van der Waals surface area contributed by atoms with Gasteiger partial charge in [0.1, 0.15) is 0 Å². The summed E-state index contributed by atoms with van der Waals surface area (Å²) < 4.78 is 0. The molecule has 0 unspecified atom stereocenters. The number of hydrogen-bond donors (Lipinski definition) is 2. The number of hydrogen-bond acceptors (Lipinski definition) is 3. The van der Waals surface area contributed by atoms with Gasteiger partial charge >= 0.3 is 0 Å². The highest BCUT2D eigenvalue weighted by Crippen LogP contribution is 2.11. The maximum Gasteiger partial charge on any atom is 0.252 e. The zero-order valence-electron chi connectivity index (χ0n) is 15.6. The highest BCUT2D eigenvalue weighted by atomic mass is 16.1. The zero-order chi connectivity index (χ0) is 18.4. The molecule has 0 atom stereocenters. The van der Waals surface area contributed by atoms with Crippen LogP contribution < -0.4 is 10.9 Å². The summed E-state index contributed by atoms with van der Waals surface area (Å²) in [4.78, 5) is 17.5. The van der Waals surface area contributed by atoms with Gasteiger partial charge in [0.2, 0.25) is 0 Å². The van der Waals surface area contributed by atoms with Gasteiger partial charge < -0.3 is 10.3 Å². The molecule has 0 amide bonds. The Morgan fingerprint density at radius 3 is 2.35 bits per heavy atom. The maximum atomic E-state index is 12.2. The molecule has 0 fully saturated rings. The van der Waals surface area contributed by atoms with E-state index in [2.05, 4.69) is 53.3 Å². The molecule has 0 saturated carbocycles. The van der Waals surface area contributed by atoms with Crippen molar-refractivity contribution < 1.29 is 0 Å².